The van der Waals surface area contributed by atoms with Crippen molar-refractivity contribution in [1.82, 2.24) is 10.3 Å². The van der Waals surface area contributed by atoms with Gasteiger partial charge in [0.15, 0.2) is 0 Å². The fraction of sp³-hybridized carbons (Fsp3) is 0.263. The third-order valence-electron chi connectivity index (χ3n) is 3.93. The maximum Gasteiger partial charge on any atom is 0.226 e. The van der Waals surface area contributed by atoms with Crippen LogP contribution in [0.25, 0.3) is 9.88 Å². The van der Waals surface area contributed by atoms with Crippen molar-refractivity contribution in [2.24, 2.45) is 0 Å². The van der Waals surface area contributed by atoms with Crippen LogP contribution in [0.2, 0.25) is 0 Å². The van der Waals surface area contributed by atoms with Crippen LogP contribution in [0.3, 0.4) is 0 Å². The Bertz CT molecular complexity index is 874. The molecule has 136 valence electrons. The molecule has 3 aromatic rings. The molecule has 0 spiro atoms. The SMILES string of the molecule is CCC(NC(=O)Cc1csc(-c2cc(Br)cs2)n1)c1ccc(OC)cc1. The van der Waals surface area contributed by atoms with Gasteiger partial charge in [0, 0.05) is 15.2 Å². The van der Waals surface area contributed by atoms with Gasteiger partial charge in [-0.1, -0.05) is 19.1 Å². The summed E-state index contributed by atoms with van der Waals surface area (Å²) >= 11 is 6.67. The number of hydrogen-bond acceptors (Lipinski definition) is 5. The van der Waals surface area contributed by atoms with Gasteiger partial charge in [-0.25, -0.2) is 4.98 Å². The van der Waals surface area contributed by atoms with Crippen LogP contribution in [0.4, 0.5) is 0 Å². The van der Waals surface area contributed by atoms with Crippen molar-refractivity contribution in [1.29, 1.82) is 0 Å². The number of nitrogens with zero attached hydrogens (tertiary/aromatic N) is 1. The number of carbonyl (C=O) groups excluding carboxylic acids is 1. The van der Waals surface area contributed by atoms with Crippen LogP contribution in [0.5, 0.6) is 5.75 Å². The van der Waals surface area contributed by atoms with Crippen LogP contribution in [0.1, 0.15) is 30.6 Å². The smallest absolute Gasteiger partial charge is 0.226 e. The Morgan fingerprint density at radius 1 is 1.27 bits per heavy atom. The first-order chi connectivity index (χ1) is 12.6. The van der Waals surface area contributed by atoms with Gasteiger partial charge in [-0.3, -0.25) is 4.79 Å². The third-order valence-corrected chi connectivity index (χ3v) is 6.68. The van der Waals surface area contributed by atoms with E-state index in [0.29, 0.717) is 0 Å². The van der Waals surface area contributed by atoms with Crippen LogP contribution in [0, 0.1) is 0 Å². The van der Waals surface area contributed by atoms with E-state index in [4.69, 9.17) is 4.74 Å². The molecule has 0 fully saturated rings. The normalized spacial score (nSPS) is 12.0. The lowest BCUT2D eigenvalue weighted by Crippen LogP contribution is -2.29. The van der Waals surface area contributed by atoms with E-state index in [1.807, 2.05) is 41.1 Å². The number of methoxy groups -OCH3 is 1. The number of rotatable bonds is 7. The van der Waals surface area contributed by atoms with Crippen LogP contribution in [-0.2, 0) is 11.2 Å². The van der Waals surface area contributed by atoms with E-state index in [2.05, 4.69) is 33.2 Å². The summed E-state index contributed by atoms with van der Waals surface area (Å²) in [5, 5.41) is 8.04. The van der Waals surface area contributed by atoms with Crippen molar-refractivity contribution in [3.63, 3.8) is 0 Å². The molecule has 7 heteroatoms. The van der Waals surface area contributed by atoms with Crippen molar-refractivity contribution in [2.75, 3.05) is 7.11 Å². The van der Waals surface area contributed by atoms with Gasteiger partial charge >= 0.3 is 0 Å². The molecule has 0 aliphatic carbocycles. The van der Waals surface area contributed by atoms with Gasteiger partial charge in [-0.05, 0) is 46.1 Å². The van der Waals surface area contributed by atoms with Crippen LogP contribution >= 0.6 is 38.6 Å². The zero-order valence-corrected chi connectivity index (χ0v) is 17.7. The van der Waals surface area contributed by atoms with Crippen molar-refractivity contribution >= 4 is 44.5 Å². The lowest BCUT2D eigenvalue weighted by atomic mass is 10.0. The highest BCUT2D eigenvalue weighted by molar-refractivity contribution is 9.10. The summed E-state index contributed by atoms with van der Waals surface area (Å²) in [7, 11) is 1.64. The minimum absolute atomic E-state index is 0.0141. The summed E-state index contributed by atoms with van der Waals surface area (Å²) < 4.78 is 6.24. The molecule has 1 amide bonds. The molecule has 0 saturated carbocycles. The van der Waals surface area contributed by atoms with E-state index in [0.717, 1.165) is 37.8 Å². The largest absolute Gasteiger partial charge is 0.497 e. The molecule has 0 saturated heterocycles. The Hall–Kier alpha value is -1.70. The summed E-state index contributed by atoms with van der Waals surface area (Å²) in [6.45, 7) is 2.06. The molecule has 1 aromatic carbocycles. The van der Waals surface area contributed by atoms with Crippen LogP contribution < -0.4 is 10.1 Å². The highest BCUT2D eigenvalue weighted by Gasteiger charge is 2.15. The summed E-state index contributed by atoms with van der Waals surface area (Å²) in [6, 6.07) is 9.84. The molecule has 26 heavy (non-hydrogen) atoms. The van der Waals surface area contributed by atoms with Gasteiger partial charge in [0.2, 0.25) is 5.91 Å². The number of thiazole rings is 1. The molecule has 0 aliphatic heterocycles. The van der Waals surface area contributed by atoms with Crippen LogP contribution in [-0.4, -0.2) is 18.0 Å². The Labute approximate surface area is 169 Å². The summed E-state index contributed by atoms with van der Waals surface area (Å²) in [5.41, 5.74) is 1.88. The highest BCUT2D eigenvalue weighted by atomic mass is 79.9. The average molecular weight is 451 g/mol. The number of benzene rings is 1. The fourth-order valence-corrected chi connectivity index (χ4v) is 4.92. The fourth-order valence-electron chi connectivity index (χ4n) is 2.59. The lowest BCUT2D eigenvalue weighted by Gasteiger charge is -2.17. The minimum atomic E-state index is -0.0168. The highest BCUT2D eigenvalue weighted by Crippen LogP contribution is 2.32. The van der Waals surface area contributed by atoms with E-state index in [9.17, 15) is 4.79 Å². The Balaban J connectivity index is 1.62. The molecule has 0 bridgehead atoms. The number of thiophene rings is 1. The number of halogens is 1. The second-order valence-corrected chi connectivity index (χ2v) is 8.44. The van der Waals surface area contributed by atoms with Gasteiger partial charge in [-0.15, -0.1) is 22.7 Å². The zero-order chi connectivity index (χ0) is 18.5. The quantitative estimate of drug-likeness (QED) is 0.520. The topological polar surface area (TPSA) is 51.2 Å². The lowest BCUT2D eigenvalue weighted by molar-refractivity contribution is -0.121. The number of nitrogens with one attached hydrogen (secondary N) is 1. The van der Waals surface area contributed by atoms with Gasteiger partial charge in [-0.2, -0.15) is 0 Å². The minimum Gasteiger partial charge on any atom is -0.497 e. The number of ether oxygens (including phenoxy) is 1. The molecular weight excluding hydrogens is 432 g/mol. The molecule has 3 rings (SSSR count). The van der Waals surface area contributed by atoms with Gasteiger partial charge in [0.25, 0.3) is 0 Å². The van der Waals surface area contributed by atoms with E-state index >= 15 is 0 Å². The summed E-state index contributed by atoms with van der Waals surface area (Å²) in [4.78, 5) is 18.2. The maximum absolute atomic E-state index is 12.5. The Kier molecular flexibility index (Phi) is 6.45. The molecule has 0 aliphatic rings. The van der Waals surface area contributed by atoms with E-state index in [-0.39, 0.29) is 18.4 Å². The first-order valence-corrected chi connectivity index (χ1v) is 10.8. The second kappa shape index (κ2) is 8.79. The number of carbonyl (C=O) groups is 1. The molecule has 0 radical (unpaired) electrons. The molecule has 4 nitrogen and oxygen atoms in total. The number of aromatic nitrogens is 1. The third kappa shape index (κ3) is 4.72. The molecule has 1 N–H and O–H groups in total. The van der Waals surface area contributed by atoms with Crippen molar-refractivity contribution < 1.29 is 9.53 Å². The van der Waals surface area contributed by atoms with Crippen LogP contribution in [0.15, 0.2) is 45.6 Å². The summed E-state index contributed by atoms with van der Waals surface area (Å²) in [5.74, 6) is 0.794. The molecule has 2 heterocycles. The Morgan fingerprint density at radius 2 is 2.04 bits per heavy atom. The monoisotopic (exact) mass is 450 g/mol. The van der Waals surface area contributed by atoms with E-state index < -0.39 is 0 Å². The van der Waals surface area contributed by atoms with Crippen molar-refractivity contribution in [3.05, 3.63) is 56.8 Å². The van der Waals surface area contributed by atoms with Gasteiger partial charge in [0.1, 0.15) is 10.8 Å². The van der Waals surface area contributed by atoms with Crippen molar-refractivity contribution in [2.45, 2.75) is 25.8 Å². The predicted molar refractivity (Wildman–Crippen MR) is 111 cm³/mol. The molecule has 2 aromatic heterocycles. The standard InChI is InChI=1S/C19H19BrN2O2S2/c1-3-16(12-4-6-15(24-2)7-5-12)22-18(23)9-14-11-26-19(21-14)17-8-13(20)10-25-17/h4-8,10-11,16H,3,9H2,1-2H3,(H,22,23). The molecule has 1 unspecified atom stereocenters. The average Bonchev–Trinajstić information content (AvgIpc) is 3.28. The summed E-state index contributed by atoms with van der Waals surface area (Å²) in [6.07, 6.45) is 1.11. The first kappa shape index (κ1) is 19.1. The molecule has 1 atom stereocenters. The van der Waals surface area contributed by atoms with E-state index in [1.165, 1.54) is 0 Å². The van der Waals surface area contributed by atoms with E-state index in [1.54, 1.807) is 29.8 Å². The Morgan fingerprint density at radius 3 is 2.65 bits per heavy atom. The number of amides is 1. The number of hydrogen-bond donors (Lipinski definition) is 1. The molecular formula is C19H19BrN2O2S2. The van der Waals surface area contributed by atoms with Gasteiger partial charge in [0.05, 0.1) is 30.1 Å². The zero-order valence-electron chi connectivity index (χ0n) is 14.5. The maximum atomic E-state index is 12.5. The second-order valence-electron chi connectivity index (χ2n) is 5.75. The van der Waals surface area contributed by atoms with Crippen molar-refractivity contribution in [3.8, 4) is 15.6 Å². The van der Waals surface area contributed by atoms with Gasteiger partial charge < -0.3 is 10.1 Å². The first-order valence-electron chi connectivity index (χ1n) is 8.21. The predicted octanol–water partition coefficient (Wildman–Crippen LogP) is 5.45.